The quantitative estimate of drug-likeness (QED) is 0.746. The highest BCUT2D eigenvalue weighted by Crippen LogP contribution is 2.19. The van der Waals surface area contributed by atoms with E-state index in [1.807, 2.05) is 40.5 Å². The molecule has 0 saturated heterocycles. The first-order valence-electron chi connectivity index (χ1n) is 5.49. The summed E-state index contributed by atoms with van der Waals surface area (Å²) in [6.45, 7) is 0. The molecule has 0 amide bonds. The molecule has 3 heterocycles. The van der Waals surface area contributed by atoms with E-state index in [1.165, 1.54) is 0 Å². The number of fused-ring (bicyclic) bond motifs is 1. The summed E-state index contributed by atoms with van der Waals surface area (Å²) in [5.74, 6) is -0.944. The monoisotopic (exact) mass is 241 g/mol. The number of carboxylic acid groups (broad SMARTS) is 1. The van der Waals surface area contributed by atoms with Crippen LogP contribution in [0.5, 0.6) is 0 Å². The maximum atomic E-state index is 10.9. The van der Waals surface area contributed by atoms with E-state index in [-0.39, 0.29) is 5.56 Å². The standard InChI is InChI=1S/C13H11N3O2/c1-15-5-2-3-11(15)10-8-16-6-4-9(13(17)18)7-12(16)14-10/h2-8H,1H3,(H,17,18). The van der Waals surface area contributed by atoms with Crippen LogP contribution >= 0.6 is 0 Å². The molecule has 90 valence electrons. The number of nitrogens with zero attached hydrogens (tertiary/aromatic N) is 3. The number of rotatable bonds is 2. The lowest BCUT2D eigenvalue weighted by Gasteiger charge is -1.96. The third-order valence-corrected chi connectivity index (χ3v) is 2.91. The van der Waals surface area contributed by atoms with Crippen molar-refractivity contribution in [1.82, 2.24) is 14.0 Å². The molecule has 5 heteroatoms. The van der Waals surface area contributed by atoms with Crippen LogP contribution in [-0.4, -0.2) is 25.0 Å². The van der Waals surface area contributed by atoms with Gasteiger partial charge in [-0.3, -0.25) is 0 Å². The van der Waals surface area contributed by atoms with Gasteiger partial charge in [0.25, 0.3) is 0 Å². The number of hydrogen-bond acceptors (Lipinski definition) is 2. The average Bonchev–Trinajstić information content (AvgIpc) is 2.92. The molecule has 0 aliphatic rings. The molecule has 3 rings (SSSR count). The highest BCUT2D eigenvalue weighted by molar-refractivity contribution is 5.88. The predicted molar refractivity (Wildman–Crippen MR) is 66.6 cm³/mol. The Bertz CT molecular complexity index is 740. The first kappa shape index (κ1) is 10.6. The van der Waals surface area contributed by atoms with Gasteiger partial charge < -0.3 is 14.1 Å². The molecule has 0 aliphatic carbocycles. The fraction of sp³-hybridized carbons (Fsp3) is 0.0769. The molecule has 3 aromatic rings. The predicted octanol–water partition coefficient (Wildman–Crippen LogP) is 2.04. The summed E-state index contributed by atoms with van der Waals surface area (Å²) in [6.07, 6.45) is 5.54. The number of carboxylic acids is 1. The van der Waals surface area contributed by atoms with Crippen LogP contribution in [0.1, 0.15) is 10.4 Å². The van der Waals surface area contributed by atoms with Crippen LogP contribution < -0.4 is 0 Å². The topological polar surface area (TPSA) is 59.5 Å². The first-order valence-corrected chi connectivity index (χ1v) is 5.49. The van der Waals surface area contributed by atoms with E-state index in [4.69, 9.17) is 5.11 Å². The molecule has 0 unspecified atom stereocenters. The van der Waals surface area contributed by atoms with Crippen LogP contribution in [0, 0.1) is 0 Å². The minimum absolute atomic E-state index is 0.242. The Balaban J connectivity index is 2.17. The summed E-state index contributed by atoms with van der Waals surface area (Å²) in [4.78, 5) is 15.3. The lowest BCUT2D eigenvalue weighted by molar-refractivity contribution is 0.0697. The summed E-state index contributed by atoms with van der Waals surface area (Å²) < 4.78 is 3.79. The van der Waals surface area contributed by atoms with Gasteiger partial charge in [-0.05, 0) is 24.3 Å². The maximum absolute atomic E-state index is 10.9. The molecule has 0 spiro atoms. The molecular weight excluding hydrogens is 230 g/mol. The Hall–Kier alpha value is -2.56. The van der Waals surface area contributed by atoms with Crippen LogP contribution in [-0.2, 0) is 7.05 Å². The zero-order chi connectivity index (χ0) is 12.7. The van der Waals surface area contributed by atoms with Gasteiger partial charge in [0.15, 0.2) is 0 Å². The molecule has 0 aromatic carbocycles. The normalized spacial score (nSPS) is 10.9. The Kier molecular flexibility index (Phi) is 2.19. The third-order valence-electron chi connectivity index (χ3n) is 2.91. The SMILES string of the molecule is Cn1cccc1-c1cn2ccc(C(=O)O)cc2n1. The third kappa shape index (κ3) is 1.57. The summed E-state index contributed by atoms with van der Waals surface area (Å²) in [5.41, 5.74) is 2.69. The number of aromatic carboxylic acids is 1. The molecule has 0 atom stereocenters. The lowest BCUT2D eigenvalue weighted by atomic mass is 10.3. The van der Waals surface area contributed by atoms with E-state index in [0.717, 1.165) is 11.4 Å². The van der Waals surface area contributed by atoms with Crippen molar-refractivity contribution in [3.63, 3.8) is 0 Å². The Morgan fingerprint density at radius 3 is 2.83 bits per heavy atom. The van der Waals surface area contributed by atoms with Gasteiger partial charge in [0.2, 0.25) is 0 Å². The average molecular weight is 241 g/mol. The van der Waals surface area contributed by atoms with Gasteiger partial charge in [-0.15, -0.1) is 0 Å². The van der Waals surface area contributed by atoms with E-state index in [0.29, 0.717) is 5.65 Å². The summed E-state index contributed by atoms with van der Waals surface area (Å²) >= 11 is 0. The van der Waals surface area contributed by atoms with E-state index in [2.05, 4.69) is 4.98 Å². The highest BCUT2D eigenvalue weighted by Gasteiger charge is 2.09. The van der Waals surface area contributed by atoms with Crippen molar-refractivity contribution >= 4 is 11.6 Å². The molecule has 0 radical (unpaired) electrons. The lowest BCUT2D eigenvalue weighted by Crippen LogP contribution is -1.96. The highest BCUT2D eigenvalue weighted by atomic mass is 16.4. The molecular formula is C13H11N3O2. The van der Waals surface area contributed by atoms with Crippen LogP contribution in [0.2, 0.25) is 0 Å². The van der Waals surface area contributed by atoms with E-state index in [1.54, 1.807) is 18.3 Å². The number of imidazole rings is 1. The largest absolute Gasteiger partial charge is 0.478 e. The van der Waals surface area contributed by atoms with Crippen molar-refractivity contribution in [2.75, 3.05) is 0 Å². The molecule has 5 nitrogen and oxygen atoms in total. The van der Waals surface area contributed by atoms with Gasteiger partial charge >= 0.3 is 5.97 Å². The zero-order valence-electron chi connectivity index (χ0n) is 9.74. The van der Waals surface area contributed by atoms with Crippen LogP contribution in [0.25, 0.3) is 17.0 Å². The van der Waals surface area contributed by atoms with Gasteiger partial charge in [0.05, 0.1) is 11.3 Å². The van der Waals surface area contributed by atoms with Gasteiger partial charge in [0.1, 0.15) is 11.3 Å². The van der Waals surface area contributed by atoms with Crippen molar-refractivity contribution in [2.24, 2.45) is 7.05 Å². The second-order valence-corrected chi connectivity index (χ2v) is 4.12. The minimum atomic E-state index is -0.944. The van der Waals surface area contributed by atoms with Crippen LogP contribution in [0.15, 0.2) is 42.9 Å². The second-order valence-electron chi connectivity index (χ2n) is 4.12. The zero-order valence-corrected chi connectivity index (χ0v) is 9.74. The Morgan fingerprint density at radius 1 is 1.33 bits per heavy atom. The van der Waals surface area contributed by atoms with Crippen molar-refractivity contribution in [3.05, 3.63) is 48.4 Å². The Labute approximate surface area is 103 Å². The summed E-state index contributed by atoms with van der Waals surface area (Å²) in [7, 11) is 1.95. The Morgan fingerprint density at radius 2 is 2.17 bits per heavy atom. The molecule has 0 saturated carbocycles. The minimum Gasteiger partial charge on any atom is -0.478 e. The fourth-order valence-electron chi connectivity index (χ4n) is 1.97. The fourth-order valence-corrected chi connectivity index (χ4v) is 1.97. The molecule has 1 N–H and O–H groups in total. The smallest absolute Gasteiger partial charge is 0.335 e. The number of aromatic nitrogens is 3. The first-order chi connectivity index (χ1) is 8.65. The van der Waals surface area contributed by atoms with Crippen molar-refractivity contribution in [2.45, 2.75) is 0 Å². The van der Waals surface area contributed by atoms with Gasteiger partial charge in [-0.25, -0.2) is 9.78 Å². The van der Waals surface area contributed by atoms with Gasteiger partial charge in [-0.2, -0.15) is 0 Å². The number of pyridine rings is 1. The van der Waals surface area contributed by atoms with Gasteiger partial charge in [0, 0.05) is 25.6 Å². The van der Waals surface area contributed by atoms with Crippen molar-refractivity contribution < 1.29 is 9.90 Å². The number of carbonyl (C=O) groups is 1. The van der Waals surface area contributed by atoms with Crippen LogP contribution in [0.4, 0.5) is 0 Å². The number of hydrogen-bond donors (Lipinski definition) is 1. The molecule has 0 bridgehead atoms. The molecule has 18 heavy (non-hydrogen) atoms. The number of aryl methyl sites for hydroxylation is 1. The van der Waals surface area contributed by atoms with Crippen molar-refractivity contribution in [3.8, 4) is 11.4 Å². The maximum Gasteiger partial charge on any atom is 0.335 e. The van der Waals surface area contributed by atoms with E-state index >= 15 is 0 Å². The molecule has 0 fully saturated rings. The van der Waals surface area contributed by atoms with Gasteiger partial charge in [-0.1, -0.05) is 0 Å². The molecule has 0 aliphatic heterocycles. The second kappa shape index (κ2) is 3.73. The van der Waals surface area contributed by atoms with E-state index in [9.17, 15) is 4.79 Å². The van der Waals surface area contributed by atoms with Crippen molar-refractivity contribution in [1.29, 1.82) is 0 Å². The molecule has 3 aromatic heterocycles. The van der Waals surface area contributed by atoms with E-state index < -0.39 is 5.97 Å². The van der Waals surface area contributed by atoms with Crippen LogP contribution in [0.3, 0.4) is 0 Å². The summed E-state index contributed by atoms with van der Waals surface area (Å²) in [6, 6.07) is 7.04. The summed E-state index contributed by atoms with van der Waals surface area (Å²) in [5, 5.41) is 8.94.